The average Bonchev–Trinajstić information content (AvgIpc) is 2.86. The molecule has 0 aliphatic heterocycles. The molecule has 0 bridgehead atoms. The molecule has 4 aromatic rings. The zero-order valence-electron chi connectivity index (χ0n) is 20.4. The fourth-order valence-corrected chi connectivity index (χ4v) is 5.56. The van der Waals surface area contributed by atoms with Crippen molar-refractivity contribution < 1.29 is 17.9 Å². The Kier molecular flexibility index (Phi) is 7.37. The number of sulfonamides is 1. The van der Waals surface area contributed by atoms with Gasteiger partial charge in [-0.25, -0.2) is 8.42 Å². The Morgan fingerprint density at radius 2 is 1.78 bits per heavy atom. The van der Waals surface area contributed by atoms with Crippen molar-refractivity contribution in [1.82, 2.24) is 9.29 Å². The highest BCUT2D eigenvalue weighted by Crippen LogP contribution is 2.23. The molecule has 1 heterocycles. The molecule has 3 aromatic carbocycles. The standard InChI is InChI=1S/C28H28N2O5S/c1-19-6-4-7-21(14-19)12-13-30(36(33,34)26-9-5-8-22(17-26)20(2)31)18-24-15-23-16-25(35-3)10-11-27(23)29-28(24)32/h4-11,14-17H,12-13,18H2,1-3H3,(H,29,32). The first kappa shape index (κ1) is 25.3. The normalized spacial score (nSPS) is 11.7. The van der Waals surface area contributed by atoms with E-state index in [0.29, 0.717) is 28.8 Å². The SMILES string of the molecule is COc1ccc2[nH]c(=O)c(CN(CCc3cccc(C)c3)S(=O)(=O)c3cccc(C(C)=O)c3)cc2c1. The largest absolute Gasteiger partial charge is 0.497 e. The summed E-state index contributed by atoms with van der Waals surface area (Å²) in [7, 11) is -2.46. The Morgan fingerprint density at radius 1 is 1.00 bits per heavy atom. The Morgan fingerprint density at radius 3 is 2.50 bits per heavy atom. The lowest BCUT2D eigenvalue weighted by atomic mass is 10.1. The topological polar surface area (TPSA) is 96.5 Å². The first-order valence-electron chi connectivity index (χ1n) is 11.5. The van der Waals surface area contributed by atoms with Gasteiger partial charge in [0.05, 0.1) is 12.0 Å². The molecule has 0 aliphatic rings. The van der Waals surface area contributed by atoms with E-state index >= 15 is 0 Å². The number of H-pyrrole nitrogens is 1. The maximum atomic E-state index is 13.8. The van der Waals surface area contributed by atoms with Crippen LogP contribution in [0.15, 0.2) is 82.5 Å². The Balaban J connectivity index is 1.75. The number of nitrogens with one attached hydrogen (secondary N) is 1. The minimum absolute atomic E-state index is 0.0123. The van der Waals surface area contributed by atoms with Gasteiger partial charge in [0.2, 0.25) is 10.0 Å². The van der Waals surface area contributed by atoms with Gasteiger partial charge in [0.1, 0.15) is 5.75 Å². The summed E-state index contributed by atoms with van der Waals surface area (Å²) in [6, 6.07) is 20.8. The number of hydrogen-bond donors (Lipinski definition) is 1. The first-order valence-corrected chi connectivity index (χ1v) is 13.0. The number of ether oxygens (including phenoxy) is 1. The number of fused-ring (bicyclic) bond motifs is 1. The number of rotatable bonds is 9. The summed E-state index contributed by atoms with van der Waals surface area (Å²) in [5.74, 6) is 0.406. The van der Waals surface area contributed by atoms with Crippen LogP contribution in [0.2, 0.25) is 0 Å². The third-order valence-corrected chi connectivity index (χ3v) is 7.93. The Labute approximate surface area is 210 Å². The predicted octanol–water partition coefficient (Wildman–Crippen LogP) is 4.48. The highest BCUT2D eigenvalue weighted by atomic mass is 32.2. The molecule has 1 aromatic heterocycles. The number of methoxy groups -OCH3 is 1. The first-order chi connectivity index (χ1) is 17.2. The van der Waals surface area contributed by atoms with E-state index in [1.165, 1.54) is 23.4 Å². The number of aryl methyl sites for hydroxylation is 1. The van der Waals surface area contributed by atoms with Crippen molar-refractivity contribution in [3.05, 3.63) is 105 Å². The average molecular weight is 505 g/mol. The van der Waals surface area contributed by atoms with Crippen LogP contribution in [0.1, 0.15) is 34.0 Å². The molecule has 36 heavy (non-hydrogen) atoms. The number of carbonyl (C=O) groups excluding carboxylic acids is 1. The molecule has 0 aliphatic carbocycles. The van der Waals surface area contributed by atoms with Crippen LogP contribution in [0.25, 0.3) is 10.9 Å². The summed E-state index contributed by atoms with van der Waals surface area (Å²) in [6.45, 7) is 3.41. The van der Waals surface area contributed by atoms with E-state index < -0.39 is 10.0 Å². The van der Waals surface area contributed by atoms with Crippen LogP contribution < -0.4 is 10.3 Å². The van der Waals surface area contributed by atoms with Crippen molar-refractivity contribution >= 4 is 26.7 Å². The number of nitrogens with zero attached hydrogens (tertiary/aromatic N) is 1. The van der Waals surface area contributed by atoms with Crippen LogP contribution >= 0.6 is 0 Å². The van der Waals surface area contributed by atoms with E-state index in [1.54, 1.807) is 43.5 Å². The fraction of sp³-hybridized carbons (Fsp3) is 0.214. The van der Waals surface area contributed by atoms with Gasteiger partial charge in [0.15, 0.2) is 5.78 Å². The van der Waals surface area contributed by atoms with Crippen LogP contribution in [-0.4, -0.2) is 37.1 Å². The molecule has 0 atom stereocenters. The molecule has 0 radical (unpaired) electrons. The number of benzene rings is 3. The van der Waals surface area contributed by atoms with E-state index in [1.807, 2.05) is 31.2 Å². The van der Waals surface area contributed by atoms with Crippen molar-refractivity contribution in [2.75, 3.05) is 13.7 Å². The molecule has 8 heteroatoms. The molecule has 0 saturated heterocycles. The molecular weight excluding hydrogens is 476 g/mol. The zero-order chi connectivity index (χ0) is 25.9. The lowest BCUT2D eigenvalue weighted by Gasteiger charge is -2.23. The summed E-state index contributed by atoms with van der Waals surface area (Å²) in [4.78, 5) is 27.6. The van der Waals surface area contributed by atoms with Gasteiger partial charge in [0, 0.05) is 35.1 Å². The predicted molar refractivity (Wildman–Crippen MR) is 140 cm³/mol. The molecule has 1 N–H and O–H groups in total. The van der Waals surface area contributed by atoms with Crippen molar-refractivity contribution in [1.29, 1.82) is 0 Å². The van der Waals surface area contributed by atoms with Gasteiger partial charge in [0.25, 0.3) is 5.56 Å². The van der Waals surface area contributed by atoms with Gasteiger partial charge in [-0.15, -0.1) is 0 Å². The lowest BCUT2D eigenvalue weighted by molar-refractivity contribution is 0.101. The number of aromatic amines is 1. The van der Waals surface area contributed by atoms with Crippen molar-refractivity contribution in [2.24, 2.45) is 0 Å². The third-order valence-electron chi connectivity index (χ3n) is 6.09. The molecule has 4 rings (SSSR count). The molecule has 0 spiro atoms. The summed E-state index contributed by atoms with van der Waals surface area (Å²) in [5, 5.41) is 0.735. The highest BCUT2D eigenvalue weighted by Gasteiger charge is 2.26. The monoisotopic (exact) mass is 504 g/mol. The van der Waals surface area contributed by atoms with Crippen molar-refractivity contribution in [3.8, 4) is 5.75 Å². The summed E-state index contributed by atoms with van der Waals surface area (Å²) < 4.78 is 34.1. The molecule has 0 amide bonds. The Hall–Kier alpha value is -3.75. The van der Waals surface area contributed by atoms with Gasteiger partial charge in [-0.05, 0) is 62.2 Å². The van der Waals surface area contributed by atoms with Gasteiger partial charge >= 0.3 is 0 Å². The van der Waals surface area contributed by atoms with Crippen LogP contribution in [0.3, 0.4) is 0 Å². The van der Waals surface area contributed by atoms with Crippen LogP contribution in [0, 0.1) is 6.92 Å². The molecule has 7 nitrogen and oxygen atoms in total. The number of ketones is 1. The smallest absolute Gasteiger partial charge is 0.252 e. The fourth-order valence-electron chi connectivity index (χ4n) is 4.09. The Bertz CT molecular complexity index is 1590. The quantitative estimate of drug-likeness (QED) is 0.339. The molecule has 0 fully saturated rings. The second kappa shape index (κ2) is 10.5. The molecule has 0 saturated carbocycles. The zero-order valence-corrected chi connectivity index (χ0v) is 21.3. The number of carbonyl (C=O) groups is 1. The van der Waals surface area contributed by atoms with Crippen molar-refractivity contribution in [2.45, 2.75) is 31.7 Å². The lowest BCUT2D eigenvalue weighted by Crippen LogP contribution is -2.34. The molecule has 0 unspecified atom stereocenters. The van der Waals surface area contributed by atoms with E-state index in [9.17, 15) is 18.0 Å². The van der Waals surface area contributed by atoms with E-state index in [2.05, 4.69) is 4.98 Å². The summed E-state index contributed by atoms with van der Waals surface area (Å²) in [5.41, 5.74) is 2.96. The number of aromatic nitrogens is 1. The minimum Gasteiger partial charge on any atom is -0.497 e. The van der Waals surface area contributed by atoms with Gasteiger partial charge in [-0.2, -0.15) is 4.31 Å². The van der Waals surface area contributed by atoms with E-state index in [4.69, 9.17) is 4.74 Å². The number of hydrogen-bond acceptors (Lipinski definition) is 5. The van der Waals surface area contributed by atoms with Gasteiger partial charge in [-0.1, -0.05) is 42.0 Å². The summed E-state index contributed by atoms with van der Waals surface area (Å²) >= 11 is 0. The highest BCUT2D eigenvalue weighted by molar-refractivity contribution is 7.89. The second-order valence-corrected chi connectivity index (χ2v) is 10.7. The van der Waals surface area contributed by atoms with Crippen molar-refractivity contribution in [3.63, 3.8) is 0 Å². The van der Waals surface area contributed by atoms with Crippen LogP contribution in [-0.2, 0) is 23.0 Å². The maximum absolute atomic E-state index is 13.8. The van der Waals surface area contributed by atoms with Gasteiger partial charge in [-0.3, -0.25) is 9.59 Å². The summed E-state index contributed by atoms with van der Waals surface area (Å²) in [6.07, 6.45) is 0.465. The third kappa shape index (κ3) is 5.56. The van der Waals surface area contributed by atoms with E-state index in [0.717, 1.165) is 16.5 Å². The van der Waals surface area contributed by atoms with E-state index in [-0.39, 0.29) is 29.3 Å². The second-order valence-electron chi connectivity index (χ2n) is 8.74. The van der Waals surface area contributed by atoms with Gasteiger partial charge < -0.3 is 9.72 Å². The number of Topliss-reactive ketones (excluding diaryl/α,β-unsaturated/α-hetero) is 1. The maximum Gasteiger partial charge on any atom is 0.252 e. The molecular formula is C28H28N2O5S. The minimum atomic E-state index is -4.01. The number of pyridine rings is 1. The van der Waals surface area contributed by atoms with Crippen LogP contribution in [0.5, 0.6) is 5.75 Å². The molecule has 186 valence electrons. The van der Waals surface area contributed by atoms with Crippen LogP contribution in [0.4, 0.5) is 0 Å².